The smallest absolute Gasteiger partial charge is 0.326 e. The average Bonchev–Trinajstić information content (AvgIpc) is 3.11. The van der Waals surface area contributed by atoms with Crippen molar-refractivity contribution in [2.75, 3.05) is 13.2 Å². The van der Waals surface area contributed by atoms with Crippen molar-refractivity contribution in [2.45, 2.75) is 148 Å². The number of nitrogens with one attached hydrogen (secondary N) is 6. The first kappa shape index (κ1) is 51.6. The number of hydrogen-bond acceptors (Lipinski definition) is 12. The monoisotopic (exact) mass is 802 g/mol. The number of aliphatic hydroxyl groups excluding tert-OH is 2. The number of aliphatic carboxylic acids is 2. The van der Waals surface area contributed by atoms with Crippen molar-refractivity contribution in [1.82, 2.24) is 31.9 Å². The maximum Gasteiger partial charge on any atom is 0.326 e. The molecule has 0 unspecified atom stereocenters. The average molecular weight is 803 g/mol. The van der Waals surface area contributed by atoms with Gasteiger partial charge in [-0.25, -0.2) is 4.79 Å². The molecule has 322 valence electrons. The van der Waals surface area contributed by atoms with Gasteiger partial charge >= 0.3 is 11.9 Å². The predicted octanol–water partition coefficient (Wildman–Crippen LogP) is -2.19. The van der Waals surface area contributed by atoms with Crippen LogP contribution in [0.15, 0.2) is 0 Å². The van der Waals surface area contributed by atoms with Crippen LogP contribution < -0.4 is 43.4 Å². The lowest BCUT2D eigenvalue weighted by atomic mass is 9.96. The molecule has 56 heavy (non-hydrogen) atoms. The molecule has 20 nitrogen and oxygen atoms in total. The van der Waals surface area contributed by atoms with E-state index in [0.29, 0.717) is 25.8 Å². The summed E-state index contributed by atoms with van der Waals surface area (Å²) in [4.78, 5) is 103. The number of carbonyl (C=O) groups excluding carboxylic acids is 6. The maximum atomic E-state index is 13.8. The Morgan fingerprint density at radius 3 is 1.48 bits per heavy atom. The topological polar surface area (TPSA) is 342 Å². The van der Waals surface area contributed by atoms with Gasteiger partial charge in [-0.3, -0.25) is 33.6 Å². The second-order valence-corrected chi connectivity index (χ2v) is 14.9. The van der Waals surface area contributed by atoms with E-state index in [2.05, 4.69) is 31.9 Å². The molecule has 0 fully saturated rings. The van der Waals surface area contributed by atoms with Crippen LogP contribution in [0.2, 0.25) is 0 Å². The quantitative estimate of drug-likeness (QED) is 0.0374. The number of unbranched alkanes of at least 4 members (excludes halogenated alkanes) is 1. The number of amides is 6. The van der Waals surface area contributed by atoms with Crippen molar-refractivity contribution in [3.05, 3.63) is 0 Å². The summed E-state index contributed by atoms with van der Waals surface area (Å²) in [5, 5.41) is 53.5. The van der Waals surface area contributed by atoms with E-state index in [9.17, 15) is 58.8 Å². The number of nitrogens with two attached hydrogens (primary N) is 2. The Morgan fingerprint density at radius 2 is 1.04 bits per heavy atom. The molecule has 14 N–H and O–H groups in total. The fourth-order valence-electron chi connectivity index (χ4n) is 5.46. The molecule has 0 saturated heterocycles. The summed E-state index contributed by atoms with van der Waals surface area (Å²) in [7, 11) is 0. The van der Waals surface area contributed by atoms with Gasteiger partial charge in [0.15, 0.2) is 0 Å². The van der Waals surface area contributed by atoms with E-state index in [-0.39, 0.29) is 31.1 Å². The first-order valence-corrected chi connectivity index (χ1v) is 19.1. The predicted molar refractivity (Wildman–Crippen MR) is 204 cm³/mol. The van der Waals surface area contributed by atoms with Crippen LogP contribution in [-0.4, -0.2) is 129 Å². The Bertz CT molecular complexity index is 1310. The number of rotatable bonds is 28. The van der Waals surface area contributed by atoms with Crippen molar-refractivity contribution >= 4 is 47.4 Å². The van der Waals surface area contributed by atoms with Gasteiger partial charge in [-0.2, -0.15) is 0 Å². The number of aliphatic hydroxyl groups is 2. The van der Waals surface area contributed by atoms with Crippen LogP contribution in [-0.2, 0) is 38.4 Å². The summed E-state index contributed by atoms with van der Waals surface area (Å²) in [5.41, 5.74) is 11.1. The molecular formula is C36H66N8O12. The third kappa shape index (κ3) is 19.5. The van der Waals surface area contributed by atoms with E-state index < -0.39 is 121 Å². The van der Waals surface area contributed by atoms with E-state index in [0.717, 1.165) is 0 Å². The van der Waals surface area contributed by atoms with E-state index in [1.54, 1.807) is 41.5 Å². The summed E-state index contributed by atoms with van der Waals surface area (Å²) >= 11 is 0. The molecule has 0 saturated carbocycles. The van der Waals surface area contributed by atoms with Crippen LogP contribution in [0.25, 0.3) is 0 Å². The normalized spacial score (nSPS) is 16.2. The molecule has 0 spiro atoms. The van der Waals surface area contributed by atoms with Crippen molar-refractivity contribution in [1.29, 1.82) is 0 Å². The van der Waals surface area contributed by atoms with Crippen molar-refractivity contribution < 1.29 is 58.8 Å². The number of hydrogen-bond donors (Lipinski definition) is 12. The van der Waals surface area contributed by atoms with Crippen LogP contribution >= 0.6 is 0 Å². The zero-order valence-corrected chi connectivity index (χ0v) is 33.6. The molecular weight excluding hydrogens is 736 g/mol. The van der Waals surface area contributed by atoms with E-state index >= 15 is 0 Å². The first-order chi connectivity index (χ1) is 26.1. The van der Waals surface area contributed by atoms with Gasteiger partial charge in [-0.05, 0) is 69.7 Å². The molecule has 0 rings (SSSR count). The fraction of sp³-hybridized carbons (Fsp3) is 0.778. The minimum absolute atomic E-state index is 0.0845. The minimum atomic E-state index is -1.70. The zero-order chi connectivity index (χ0) is 43.3. The zero-order valence-electron chi connectivity index (χ0n) is 33.6. The van der Waals surface area contributed by atoms with Crippen LogP contribution in [0.5, 0.6) is 0 Å². The molecule has 0 aromatic carbocycles. The molecule has 0 aromatic rings. The lowest BCUT2D eigenvalue weighted by Gasteiger charge is -2.30. The maximum absolute atomic E-state index is 13.8. The van der Waals surface area contributed by atoms with Gasteiger partial charge in [0, 0.05) is 6.42 Å². The molecule has 0 aliphatic rings. The minimum Gasteiger partial charge on any atom is -0.481 e. The second-order valence-electron chi connectivity index (χ2n) is 14.9. The van der Waals surface area contributed by atoms with Crippen LogP contribution in [0.4, 0.5) is 0 Å². The highest BCUT2D eigenvalue weighted by Gasteiger charge is 2.36. The Kier molecular flexibility index (Phi) is 24.4. The SMILES string of the molecule is CC[C@H](C)[C@H](NC(=O)[C@H](CCC(=O)O)NC(=O)[C@@H](NC(=O)[C@H](CC(C)C)NC(=O)[C@@H](N)CO)[C@@H](C)O)C(=O)N[C@@H](CC(C)C)C(=O)N[C@@H](CCCCN)C(=O)O. The van der Waals surface area contributed by atoms with E-state index in [4.69, 9.17) is 11.5 Å². The highest BCUT2D eigenvalue weighted by Crippen LogP contribution is 2.13. The number of carboxylic acid groups (broad SMARTS) is 2. The molecule has 20 heteroatoms. The van der Waals surface area contributed by atoms with Crippen LogP contribution in [0, 0.1) is 17.8 Å². The lowest BCUT2D eigenvalue weighted by molar-refractivity contribution is -0.143. The number of carboxylic acids is 2. The molecule has 0 aliphatic heterocycles. The van der Waals surface area contributed by atoms with Crippen molar-refractivity contribution in [2.24, 2.45) is 29.2 Å². The Morgan fingerprint density at radius 1 is 0.589 bits per heavy atom. The molecule has 6 amide bonds. The Labute approximate surface area is 328 Å². The lowest BCUT2D eigenvalue weighted by Crippen LogP contribution is -2.62. The van der Waals surface area contributed by atoms with Gasteiger partial charge in [0.05, 0.1) is 12.7 Å². The summed E-state index contributed by atoms with van der Waals surface area (Å²) in [5.74, 6) is -8.72. The Balaban J connectivity index is 6.35. The van der Waals surface area contributed by atoms with Gasteiger partial charge in [0.25, 0.3) is 0 Å². The van der Waals surface area contributed by atoms with Crippen molar-refractivity contribution in [3.8, 4) is 0 Å². The molecule has 0 aromatic heterocycles. The van der Waals surface area contributed by atoms with Crippen LogP contribution in [0.3, 0.4) is 0 Å². The molecule has 0 radical (unpaired) electrons. The third-order valence-corrected chi connectivity index (χ3v) is 8.91. The number of carbonyl (C=O) groups is 8. The van der Waals surface area contributed by atoms with Gasteiger partial charge < -0.3 is 63.8 Å². The molecule has 0 heterocycles. The van der Waals surface area contributed by atoms with Gasteiger partial charge in [-0.1, -0.05) is 48.0 Å². The van der Waals surface area contributed by atoms with E-state index in [1.165, 1.54) is 6.92 Å². The first-order valence-electron chi connectivity index (χ1n) is 19.1. The van der Waals surface area contributed by atoms with Crippen molar-refractivity contribution in [3.63, 3.8) is 0 Å². The summed E-state index contributed by atoms with van der Waals surface area (Å²) in [6, 6.07) is -9.59. The molecule has 9 atom stereocenters. The fourth-order valence-corrected chi connectivity index (χ4v) is 5.46. The third-order valence-electron chi connectivity index (χ3n) is 8.91. The highest BCUT2D eigenvalue weighted by molar-refractivity contribution is 5.97. The highest BCUT2D eigenvalue weighted by atomic mass is 16.4. The summed E-state index contributed by atoms with van der Waals surface area (Å²) in [6.07, 6.45) is -0.972. The Hall–Kier alpha value is -4.40. The van der Waals surface area contributed by atoms with Gasteiger partial charge in [-0.15, -0.1) is 0 Å². The standard InChI is InChI=1S/C36H66N8O12/c1-8-20(6)28(34(53)42-25(15-18(2)3)32(51)40-24(36(55)56)11-9-10-14-37)43-31(50)23(12-13-27(47)48)39-35(54)29(21(7)46)44-33(52)26(16-19(4)5)41-30(49)22(38)17-45/h18-26,28-29,45-46H,8-17,37-38H2,1-7H3,(H,39,54)(H,40,51)(H,41,49)(H,42,53)(H,43,50)(H,44,52)(H,47,48)(H,55,56)/t20-,21+,22-,23-,24-,25-,26-,28-,29-/m0/s1. The van der Waals surface area contributed by atoms with E-state index in [1.807, 2.05) is 0 Å². The second kappa shape index (κ2) is 26.5. The van der Waals surface area contributed by atoms with Gasteiger partial charge in [0.2, 0.25) is 35.4 Å². The molecule has 0 aliphatic carbocycles. The summed E-state index contributed by atoms with van der Waals surface area (Å²) in [6.45, 7) is 11.3. The van der Waals surface area contributed by atoms with Gasteiger partial charge in [0.1, 0.15) is 42.3 Å². The molecule has 0 bridgehead atoms. The summed E-state index contributed by atoms with van der Waals surface area (Å²) < 4.78 is 0. The van der Waals surface area contributed by atoms with Crippen LogP contribution in [0.1, 0.15) is 99.8 Å². The largest absolute Gasteiger partial charge is 0.481 e.